The second-order valence-electron chi connectivity index (χ2n) is 6.67. The molecule has 0 spiro atoms. The number of imidazole rings is 1. The fourth-order valence-electron chi connectivity index (χ4n) is 3.12. The molecule has 0 bridgehead atoms. The molecule has 0 unspecified atom stereocenters. The van der Waals surface area contributed by atoms with Crippen LogP contribution in [0, 0.1) is 0 Å². The fraction of sp³-hybridized carbons (Fsp3) is 0.125. The number of H-pyrrole nitrogens is 1. The first-order valence-corrected chi connectivity index (χ1v) is 9.64. The van der Waals surface area contributed by atoms with Gasteiger partial charge in [0.2, 0.25) is 0 Å². The second kappa shape index (κ2) is 11.9. The minimum absolute atomic E-state index is 0. The first-order valence-electron chi connectivity index (χ1n) is 9.64. The molecule has 0 saturated carbocycles. The summed E-state index contributed by atoms with van der Waals surface area (Å²) in [5, 5.41) is 0. The number of para-hydroxylation sites is 1. The van der Waals surface area contributed by atoms with Crippen LogP contribution in [0.25, 0.3) is 23.2 Å². The van der Waals surface area contributed by atoms with Crippen LogP contribution in [0.4, 0.5) is 0 Å². The molecule has 0 radical (unpaired) electrons. The predicted octanol–water partition coefficient (Wildman–Crippen LogP) is 5.35. The number of benzene rings is 2. The van der Waals surface area contributed by atoms with Gasteiger partial charge in [-0.25, -0.2) is 9.78 Å². The number of methoxy groups -OCH3 is 2. The molecule has 0 amide bonds. The fourth-order valence-corrected chi connectivity index (χ4v) is 3.12. The average molecular weight is 488 g/mol. The minimum Gasteiger partial charge on any atom is -0.493 e. The number of carbonyl (C=O) groups excluding carboxylic acids is 1. The molecular weight excluding hydrogens is 465 g/mol. The Balaban J connectivity index is 0.00000193. The van der Waals surface area contributed by atoms with Crippen molar-refractivity contribution in [3.05, 3.63) is 83.4 Å². The van der Waals surface area contributed by atoms with Crippen LogP contribution < -0.4 is 9.47 Å². The van der Waals surface area contributed by atoms with Gasteiger partial charge in [-0.15, -0.1) is 24.8 Å². The van der Waals surface area contributed by atoms with E-state index in [4.69, 9.17) is 14.2 Å². The number of rotatable bonds is 7. The average Bonchev–Trinajstić information content (AvgIpc) is 3.25. The van der Waals surface area contributed by atoms with Crippen molar-refractivity contribution >= 4 is 54.0 Å². The number of ether oxygens (including phenoxy) is 3. The summed E-state index contributed by atoms with van der Waals surface area (Å²) in [6, 6.07) is 16.7. The van der Waals surface area contributed by atoms with Gasteiger partial charge in [-0.05, 0) is 48.0 Å². The van der Waals surface area contributed by atoms with E-state index in [0.717, 1.165) is 16.8 Å². The summed E-state index contributed by atoms with van der Waals surface area (Å²) < 4.78 is 16.2. The zero-order valence-electron chi connectivity index (χ0n) is 18.0. The van der Waals surface area contributed by atoms with Crippen LogP contribution in [0.3, 0.4) is 0 Å². The third-order valence-corrected chi connectivity index (χ3v) is 4.66. The van der Waals surface area contributed by atoms with Crippen molar-refractivity contribution in [1.82, 2.24) is 15.0 Å². The van der Waals surface area contributed by atoms with E-state index in [0.29, 0.717) is 35.0 Å². The molecule has 9 heteroatoms. The third-order valence-electron chi connectivity index (χ3n) is 4.66. The summed E-state index contributed by atoms with van der Waals surface area (Å²) in [6.07, 6.45) is 5.47. The van der Waals surface area contributed by atoms with E-state index in [1.165, 1.54) is 7.11 Å². The van der Waals surface area contributed by atoms with Crippen LogP contribution in [0.5, 0.6) is 11.5 Å². The standard InChI is InChI=1S/C24H21N3O4.2ClH/c1-29-20-11-9-16(14-21(20)31-15-17-6-3-4-13-25-17)10-12-22-26-19-8-5-7-18(23(19)27-22)24(28)30-2;;/h3-14H,15H2,1-2H3,(H,26,27);2*1H/b12-10+;;. The van der Waals surface area contributed by atoms with Gasteiger partial charge < -0.3 is 19.2 Å². The van der Waals surface area contributed by atoms with Crippen LogP contribution in [0.15, 0.2) is 60.8 Å². The SMILES string of the molecule is COC(=O)c1cccc2[nH]c(/C=C/c3ccc(OC)c(OCc4ccccn4)c3)nc12.Cl.Cl. The lowest BCUT2D eigenvalue weighted by molar-refractivity contribution is 0.0603. The van der Waals surface area contributed by atoms with Gasteiger partial charge in [-0.3, -0.25) is 4.98 Å². The maximum Gasteiger partial charge on any atom is 0.340 e. The lowest BCUT2D eigenvalue weighted by atomic mass is 10.2. The van der Waals surface area contributed by atoms with Crippen LogP contribution in [-0.4, -0.2) is 35.1 Å². The summed E-state index contributed by atoms with van der Waals surface area (Å²) in [6.45, 7) is 0.338. The number of aromatic amines is 1. The van der Waals surface area contributed by atoms with E-state index in [1.54, 1.807) is 25.4 Å². The molecule has 1 N–H and O–H groups in total. The van der Waals surface area contributed by atoms with E-state index < -0.39 is 5.97 Å². The highest BCUT2D eigenvalue weighted by atomic mass is 35.5. The van der Waals surface area contributed by atoms with Crippen molar-refractivity contribution in [1.29, 1.82) is 0 Å². The van der Waals surface area contributed by atoms with Crippen molar-refractivity contribution in [2.75, 3.05) is 14.2 Å². The molecule has 2 aromatic carbocycles. The van der Waals surface area contributed by atoms with Crippen molar-refractivity contribution in [2.24, 2.45) is 0 Å². The molecule has 7 nitrogen and oxygen atoms in total. The Kier molecular flexibility index (Phi) is 9.27. The normalized spacial score (nSPS) is 10.4. The predicted molar refractivity (Wildman–Crippen MR) is 132 cm³/mol. The Bertz CT molecular complexity index is 1240. The van der Waals surface area contributed by atoms with Gasteiger partial charge in [0.25, 0.3) is 0 Å². The number of carbonyl (C=O) groups is 1. The maximum absolute atomic E-state index is 12.0. The number of pyridine rings is 1. The zero-order valence-corrected chi connectivity index (χ0v) is 19.6. The maximum atomic E-state index is 12.0. The van der Waals surface area contributed by atoms with Crippen LogP contribution in [-0.2, 0) is 11.3 Å². The highest BCUT2D eigenvalue weighted by Crippen LogP contribution is 2.29. The van der Waals surface area contributed by atoms with Gasteiger partial charge in [0.15, 0.2) is 11.5 Å². The number of halogens is 2. The molecule has 0 atom stereocenters. The molecule has 0 aliphatic heterocycles. The van der Waals surface area contributed by atoms with Crippen molar-refractivity contribution < 1.29 is 19.0 Å². The Labute approximate surface area is 203 Å². The Morgan fingerprint density at radius 1 is 1.00 bits per heavy atom. The number of nitrogens with zero attached hydrogens (tertiary/aromatic N) is 2. The lowest BCUT2D eigenvalue weighted by Gasteiger charge is -2.11. The molecule has 2 aromatic heterocycles. The number of esters is 1. The summed E-state index contributed by atoms with van der Waals surface area (Å²) >= 11 is 0. The number of hydrogen-bond acceptors (Lipinski definition) is 6. The van der Waals surface area contributed by atoms with E-state index in [9.17, 15) is 4.79 Å². The van der Waals surface area contributed by atoms with E-state index in [1.807, 2.05) is 54.6 Å². The highest BCUT2D eigenvalue weighted by Gasteiger charge is 2.13. The summed E-state index contributed by atoms with van der Waals surface area (Å²) in [4.78, 5) is 23.9. The second-order valence-corrected chi connectivity index (χ2v) is 6.67. The highest BCUT2D eigenvalue weighted by molar-refractivity contribution is 6.02. The number of aromatic nitrogens is 3. The van der Waals surface area contributed by atoms with E-state index >= 15 is 0 Å². The van der Waals surface area contributed by atoms with Gasteiger partial charge in [0.05, 0.1) is 31.0 Å². The molecule has 0 aliphatic rings. The molecule has 0 aliphatic carbocycles. The molecule has 2 heterocycles. The third kappa shape index (κ3) is 6.03. The van der Waals surface area contributed by atoms with Gasteiger partial charge >= 0.3 is 5.97 Å². The topological polar surface area (TPSA) is 86.3 Å². The Hall–Kier alpha value is -3.55. The van der Waals surface area contributed by atoms with Gasteiger partial charge in [-0.2, -0.15) is 0 Å². The van der Waals surface area contributed by atoms with E-state index in [-0.39, 0.29) is 24.8 Å². The molecule has 4 aromatic rings. The monoisotopic (exact) mass is 487 g/mol. The minimum atomic E-state index is -0.419. The molecular formula is C24H23Cl2N3O4. The van der Waals surface area contributed by atoms with Crippen LogP contribution >= 0.6 is 24.8 Å². The Morgan fingerprint density at radius 2 is 1.85 bits per heavy atom. The zero-order chi connectivity index (χ0) is 21.6. The van der Waals surface area contributed by atoms with Crippen LogP contribution in [0.1, 0.15) is 27.4 Å². The number of hydrogen-bond donors (Lipinski definition) is 1. The first kappa shape index (κ1) is 25.7. The van der Waals surface area contributed by atoms with E-state index in [2.05, 4.69) is 15.0 Å². The largest absolute Gasteiger partial charge is 0.493 e. The van der Waals surface area contributed by atoms with Crippen LogP contribution in [0.2, 0.25) is 0 Å². The summed E-state index contributed by atoms with van der Waals surface area (Å²) in [5.74, 6) is 1.46. The molecule has 172 valence electrons. The van der Waals surface area contributed by atoms with Gasteiger partial charge in [0.1, 0.15) is 17.9 Å². The number of nitrogens with one attached hydrogen (secondary N) is 1. The van der Waals surface area contributed by atoms with Crippen molar-refractivity contribution in [3.8, 4) is 11.5 Å². The molecule has 4 rings (SSSR count). The number of fused-ring (bicyclic) bond motifs is 1. The quantitative estimate of drug-likeness (QED) is 0.353. The smallest absolute Gasteiger partial charge is 0.340 e. The molecule has 33 heavy (non-hydrogen) atoms. The Morgan fingerprint density at radius 3 is 2.58 bits per heavy atom. The summed E-state index contributed by atoms with van der Waals surface area (Å²) in [5.41, 5.74) is 3.49. The first-order chi connectivity index (χ1) is 15.2. The van der Waals surface area contributed by atoms with Gasteiger partial charge in [-0.1, -0.05) is 24.3 Å². The molecule has 0 fully saturated rings. The van der Waals surface area contributed by atoms with Crippen molar-refractivity contribution in [3.63, 3.8) is 0 Å². The molecule has 0 saturated heterocycles. The lowest BCUT2D eigenvalue weighted by Crippen LogP contribution is -2.01. The summed E-state index contributed by atoms with van der Waals surface area (Å²) in [7, 11) is 2.96. The van der Waals surface area contributed by atoms with Gasteiger partial charge in [0, 0.05) is 6.20 Å². The van der Waals surface area contributed by atoms with Crippen molar-refractivity contribution in [2.45, 2.75) is 6.61 Å².